The van der Waals surface area contributed by atoms with Crippen molar-refractivity contribution in [2.45, 2.75) is 37.4 Å². The number of thioether (sulfide) groups is 1. The molecule has 0 unspecified atom stereocenters. The molecule has 1 aromatic heterocycles. The Labute approximate surface area is 128 Å². The number of esters is 1. The van der Waals surface area contributed by atoms with Crippen LogP contribution in [0.25, 0.3) is 0 Å². The largest absolute Gasteiger partial charge is 0.468 e. The van der Waals surface area contributed by atoms with Crippen molar-refractivity contribution in [3.05, 3.63) is 6.33 Å². The molecule has 1 heterocycles. The van der Waals surface area contributed by atoms with E-state index in [1.54, 1.807) is 6.33 Å². The Morgan fingerprint density at radius 2 is 2.29 bits per heavy atom. The molecule has 0 radical (unpaired) electrons. The molecule has 1 aliphatic rings. The van der Waals surface area contributed by atoms with E-state index in [-0.39, 0.29) is 18.2 Å². The summed E-state index contributed by atoms with van der Waals surface area (Å²) in [6, 6.07) is 0.486. The first-order chi connectivity index (χ1) is 10.2. The summed E-state index contributed by atoms with van der Waals surface area (Å²) in [4.78, 5) is 25.1. The predicted octanol–water partition coefficient (Wildman–Crippen LogP) is 1.12. The van der Waals surface area contributed by atoms with E-state index in [1.807, 2.05) is 11.5 Å². The van der Waals surface area contributed by atoms with Crippen LogP contribution >= 0.6 is 11.8 Å². The monoisotopic (exact) mass is 312 g/mol. The van der Waals surface area contributed by atoms with E-state index >= 15 is 0 Å². The molecule has 8 heteroatoms. The van der Waals surface area contributed by atoms with Gasteiger partial charge in [-0.3, -0.25) is 9.59 Å². The highest BCUT2D eigenvalue weighted by Crippen LogP contribution is 2.37. The zero-order chi connectivity index (χ0) is 15.2. The summed E-state index contributed by atoms with van der Waals surface area (Å²) in [6.07, 6.45) is 4.79. The summed E-state index contributed by atoms with van der Waals surface area (Å²) in [6.45, 7) is 2.51. The Bertz CT molecular complexity index is 501. The molecular formula is C13H20N4O3S. The molecule has 0 aliphatic heterocycles. The fourth-order valence-electron chi connectivity index (χ4n) is 1.94. The molecule has 116 valence electrons. The summed E-state index contributed by atoms with van der Waals surface area (Å²) in [5.74, 6) is -0.233. The highest BCUT2D eigenvalue weighted by molar-refractivity contribution is 7.99. The van der Waals surface area contributed by atoms with Gasteiger partial charge in [-0.15, -0.1) is 10.2 Å². The quantitative estimate of drug-likeness (QED) is 0.529. The topological polar surface area (TPSA) is 77.3 Å². The van der Waals surface area contributed by atoms with Crippen molar-refractivity contribution in [1.82, 2.24) is 19.7 Å². The molecule has 1 aromatic rings. The van der Waals surface area contributed by atoms with E-state index in [0.717, 1.165) is 24.4 Å². The Hall–Kier alpha value is -1.57. The standard InChI is InChI=1S/C13H20N4O3S/c1-3-6-16(7-12(19)20-2)11(18)8-21-13-15-14-9-17(13)10-4-5-10/h9-10H,3-8H2,1-2H3. The van der Waals surface area contributed by atoms with Crippen molar-refractivity contribution in [1.29, 1.82) is 0 Å². The molecule has 7 nitrogen and oxygen atoms in total. The van der Waals surface area contributed by atoms with Gasteiger partial charge < -0.3 is 14.2 Å². The average molecular weight is 312 g/mol. The molecule has 2 rings (SSSR count). The highest BCUT2D eigenvalue weighted by Gasteiger charge is 2.27. The molecule has 0 saturated heterocycles. The molecule has 0 N–H and O–H groups in total. The van der Waals surface area contributed by atoms with Crippen LogP contribution in [-0.4, -0.2) is 57.5 Å². The van der Waals surface area contributed by atoms with Gasteiger partial charge in [0, 0.05) is 12.6 Å². The van der Waals surface area contributed by atoms with Crippen molar-refractivity contribution in [2.75, 3.05) is 26.0 Å². The molecule has 1 amide bonds. The number of aromatic nitrogens is 3. The molecule has 21 heavy (non-hydrogen) atoms. The second kappa shape index (κ2) is 7.44. The third kappa shape index (κ3) is 4.45. The molecule has 0 atom stereocenters. The van der Waals surface area contributed by atoms with Crippen molar-refractivity contribution in [2.24, 2.45) is 0 Å². The maximum absolute atomic E-state index is 12.2. The molecule has 1 fully saturated rings. The molecule has 0 bridgehead atoms. The number of ether oxygens (including phenoxy) is 1. The molecular weight excluding hydrogens is 292 g/mol. The number of methoxy groups -OCH3 is 1. The van der Waals surface area contributed by atoms with Gasteiger partial charge in [0.1, 0.15) is 12.9 Å². The first-order valence-corrected chi connectivity index (χ1v) is 8.01. The summed E-state index contributed by atoms with van der Waals surface area (Å²) < 4.78 is 6.64. The van der Waals surface area contributed by atoms with Crippen LogP contribution in [0.5, 0.6) is 0 Å². The summed E-state index contributed by atoms with van der Waals surface area (Å²) in [7, 11) is 1.32. The number of carbonyl (C=O) groups is 2. The van der Waals surface area contributed by atoms with Gasteiger partial charge >= 0.3 is 5.97 Å². The number of hydrogen-bond donors (Lipinski definition) is 0. The highest BCUT2D eigenvalue weighted by atomic mass is 32.2. The van der Waals surface area contributed by atoms with E-state index < -0.39 is 5.97 Å². The first-order valence-electron chi connectivity index (χ1n) is 7.02. The normalized spacial score (nSPS) is 14.0. The SMILES string of the molecule is CCCN(CC(=O)OC)C(=O)CSc1nncn1C1CC1. The van der Waals surface area contributed by atoms with Crippen molar-refractivity contribution < 1.29 is 14.3 Å². The zero-order valence-electron chi connectivity index (χ0n) is 12.3. The van der Waals surface area contributed by atoms with Crippen LogP contribution in [-0.2, 0) is 14.3 Å². The minimum Gasteiger partial charge on any atom is -0.468 e. The lowest BCUT2D eigenvalue weighted by Gasteiger charge is -2.20. The van der Waals surface area contributed by atoms with Gasteiger partial charge in [-0.25, -0.2) is 0 Å². The summed E-state index contributed by atoms with van der Waals surface area (Å²) in [5, 5.41) is 8.71. The van der Waals surface area contributed by atoms with Crippen molar-refractivity contribution >= 4 is 23.6 Å². The van der Waals surface area contributed by atoms with Crippen molar-refractivity contribution in [3.8, 4) is 0 Å². The van der Waals surface area contributed by atoms with Gasteiger partial charge in [-0.1, -0.05) is 18.7 Å². The van der Waals surface area contributed by atoms with Crippen LogP contribution < -0.4 is 0 Å². The molecule has 1 aliphatic carbocycles. The third-order valence-corrected chi connectivity index (χ3v) is 4.14. The smallest absolute Gasteiger partial charge is 0.325 e. The van der Waals surface area contributed by atoms with E-state index in [0.29, 0.717) is 12.6 Å². The minimum absolute atomic E-state index is 0.000944. The number of carbonyl (C=O) groups excluding carboxylic acids is 2. The predicted molar refractivity (Wildman–Crippen MR) is 77.9 cm³/mol. The van der Waals surface area contributed by atoms with Gasteiger partial charge in [0.15, 0.2) is 5.16 Å². The van der Waals surface area contributed by atoms with Gasteiger partial charge in [-0.05, 0) is 19.3 Å². The van der Waals surface area contributed by atoms with Crippen LogP contribution in [0.2, 0.25) is 0 Å². The molecule has 1 saturated carbocycles. The lowest BCUT2D eigenvalue weighted by atomic mass is 10.4. The Morgan fingerprint density at radius 3 is 2.90 bits per heavy atom. The second-order valence-corrected chi connectivity index (χ2v) is 5.87. The van der Waals surface area contributed by atoms with Crippen LogP contribution in [0.15, 0.2) is 11.5 Å². The first kappa shape index (κ1) is 15.8. The fourth-order valence-corrected chi connectivity index (χ4v) is 2.82. The Morgan fingerprint density at radius 1 is 1.52 bits per heavy atom. The molecule has 0 aromatic carbocycles. The molecule has 0 spiro atoms. The third-order valence-electron chi connectivity index (χ3n) is 3.20. The van der Waals surface area contributed by atoms with Gasteiger partial charge in [0.25, 0.3) is 0 Å². The number of nitrogens with zero attached hydrogens (tertiary/aromatic N) is 4. The van der Waals surface area contributed by atoms with E-state index in [2.05, 4.69) is 14.9 Å². The van der Waals surface area contributed by atoms with Crippen LogP contribution in [0.4, 0.5) is 0 Å². The Balaban J connectivity index is 1.88. The maximum Gasteiger partial charge on any atom is 0.325 e. The van der Waals surface area contributed by atoms with E-state index in [1.165, 1.54) is 23.8 Å². The summed E-state index contributed by atoms with van der Waals surface area (Å²) >= 11 is 1.37. The van der Waals surface area contributed by atoms with Crippen LogP contribution in [0.3, 0.4) is 0 Å². The number of hydrogen-bond acceptors (Lipinski definition) is 6. The van der Waals surface area contributed by atoms with E-state index in [4.69, 9.17) is 0 Å². The maximum atomic E-state index is 12.2. The van der Waals surface area contributed by atoms with Gasteiger partial charge in [-0.2, -0.15) is 0 Å². The number of rotatable bonds is 8. The Kier molecular flexibility index (Phi) is 5.60. The zero-order valence-corrected chi connectivity index (χ0v) is 13.1. The lowest BCUT2D eigenvalue weighted by molar-refractivity contribution is -0.146. The minimum atomic E-state index is -0.400. The van der Waals surface area contributed by atoms with Crippen LogP contribution in [0, 0.1) is 0 Å². The van der Waals surface area contributed by atoms with Crippen molar-refractivity contribution in [3.63, 3.8) is 0 Å². The lowest BCUT2D eigenvalue weighted by Crippen LogP contribution is -2.37. The summed E-state index contributed by atoms with van der Waals surface area (Å²) in [5.41, 5.74) is 0. The average Bonchev–Trinajstić information content (AvgIpc) is 3.22. The fraction of sp³-hybridized carbons (Fsp3) is 0.692. The van der Waals surface area contributed by atoms with Crippen LogP contribution in [0.1, 0.15) is 32.2 Å². The second-order valence-electron chi connectivity index (χ2n) is 4.93. The van der Waals surface area contributed by atoms with E-state index in [9.17, 15) is 9.59 Å². The van der Waals surface area contributed by atoms with Gasteiger partial charge in [0.2, 0.25) is 5.91 Å². The van der Waals surface area contributed by atoms with Gasteiger partial charge in [0.05, 0.1) is 12.9 Å². The number of amides is 1.